The smallest absolute Gasteiger partial charge is 0.433 e. The van der Waals surface area contributed by atoms with Crippen molar-refractivity contribution < 1.29 is 22.6 Å². The molecule has 1 aromatic heterocycles. The quantitative estimate of drug-likeness (QED) is 0.349. The number of methoxy groups -OCH3 is 1. The number of rotatable bonds is 8. The lowest BCUT2D eigenvalue weighted by Crippen LogP contribution is -2.34. The van der Waals surface area contributed by atoms with Crippen molar-refractivity contribution in [3.8, 4) is 11.5 Å². The third-order valence-corrected chi connectivity index (χ3v) is 3.60. The van der Waals surface area contributed by atoms with Crippen molar-refractivity contribution in [3.05, 3.63) is 36.2 Å². The molecule has 0 radical (unpaired) electrons. The second-order valence-corrected chi connectivity index (χ2v) is 5.61. The van der Waals surface area contributed by atoms with Gasteiger partial charge in [0, 0.05) is 38.1 Å². The Morgan fingerprint density at radius 2 is 1.97 bits per heavy atom. The highest BCUT2D eigenvalue weighted by Gasteiger charge is 2.32. The van der Waals surface area contributed by atoms with E-state index in [4.69, 9.17) is 9.47 Å². The van der Waals surface area contributed by atoms with Gasteiger partial charge in [0.05, 0.1) is 13.7 Å². The van der Waals surface area contributed by atoms with E-state index in [1.807, 2.05) is 13.0 Å². The average molecular weight is 412 g/mol. The number of anilines is 2. The van der Waals surface area contributed by atoms with Gasteiger partial charge in [0.25, 0.3) is 0 Å². The lowest BCUT2D eigenvalue weighted by molar-refractivity contribution is -0.141. The molecule has 1 aromatic carbocycles. The summed E-state index contributed by atoms with van der Waals surface area (Å²) in [5.41, 5.74) is -0.266. The van der Waals surface area contributed by atoms with Gasteiger partial charge in [-0.1, -0.05) is 0 Å². The number of hydrogen-bond donors (Lipinski definition) is 3. The van der Waals surface area contributed by atoms with Crippen LogP contribution in [-0.4, -0.2) is 49.8 Å². The summed E-state index contributed by atoms with van der Waals surface area (Å²) in [6, 6.07) is 6.19. The molecule has 0 saturated heterocycles. The molecular formula is C18H23F3N6O2. The molecule has 0 aliphatic heterocycles. The lowest BCUT2D eigenvalue weighted by atomic mass is 10.2. The Labute approximate surface area is 166 Å². The largest absolute Gasteiger partial charge is 0.493 e. The van der Waals surface area contributed by atoms with Crippen LogP contribution in [-0.2, 0) is 6.18 Å². The molecule has 0 spiro atoms. The number of halogens is 3. The Balaban J connectivity index is 1.87. The van der Waals surface area contributed by atoms with E-state index < -0.39 is 11.9 Å². The zero-order chi connectivity index (χ0) is 21.3. The van der Waals surface area contributed by atoms with E-state index in [2.05, 4.69) is 30.9 Å². The van der Waals surface area contributed by atoms with Crippen molar-refractivity contribution in [3.63, 3.8) is 0 Å². The fourth-order valence-electron chi connectivity index (χ4n) is 2.29. The van der Waals surface area contributed by atoms with Crippen molar-refractivity contribution in [2.24, 2.45) is 4.99 Å². The Hall–Kier alpha value is -3.24. The summed E-state index contributed by atoms with van der Waals surface area (Å²) in [7, 11) is 3.15. The van der Waals surface area contributed by atoms with Crippen LogP contribution < -0.4 is 25.4 Å². The second-order valence-electron chi connectivity index (χ2n) is 5.61. The van der Waals surface area contributed by atoms with Crippen LogP contribution in [0.4, 0.5) is 24.8 Å². The third kappa shape index (κ3) is 6.70. The van der Waals surface area contributed by atoms with Crippen LogP contribution in [0.5, 0.6) is 11.5 Å². The summed E-state index contributed by atoms with van der Waals surface area (Å²) in [6.45, 7) is 3.06. The van der Waals surface area contributed by atoms with Gasteiger partial charge in [-0.3, -0.25) is 4.99 Å². The average Bonchev–Trinajstić information content (AvgIpc) is 2.71. The van der Waals surface area contributed by atoms with E-state index in [0.29, 0.717) is 30.6 Å². The van der Waals surface area contributed by atoms with Gasteiger partial charge in [0.1, 0.15) is 5.69 Å². The van der Waals surface area contributed by atoms with Crippen molar-refractivity contribution in [2.45, 2.75) is 13.1 Å². The molecular weight excluding hydrogens is 389 g/mol. The summed E-state index contributed by atoms with van der Waals surface area (Å²) in [5, 5.41) is 8.87. The topological polar surface area (TPSA) is 92.7 Å². The monoisotopic (exact) mass is 412 g/mol. The van der Waals surface area contributed by atoms with Crippen molar-refractivity contribution in [1.29, 1.82) is 0 Å². The highest BCUT2D eigenvalue weighted by molar-refractivity contribution is 5.93. The Morgan fingerprint density at radius 1 is 1.17 bits per heavy atom. The summed E-state index contributed by atoms with van der Waals surface area (Å²) in [5.74, 6) is 1.59. The van der Waals surface area contributed by atoms with Gasteiger partial charge in [-0.15, -0.1) is 0 Å². The molecule has 0 amide bonds. The highest BCUT2D eigenvalue weighted by Crippen LogP contribution is 2.30. The first-order chi connectivity index (χ1) is 13.9. The fraction of sp³-hybridized carbons (Fsp3) is 0.389. The molecule has 0 saturated carbocycles. The standard InChI is InChI=1S/C18H23F3N6O2/c1-4-29-13-6-5-12(11-14(13)28-3)26-16(22-2)24-9-10-25-17-23-8-7-15(27-17)18(19,20)21/h5-8,11H,4,9-10H2,1-3H3,(H2,22,24,26)(H,23,25,27). The molecule has 0 bridgehead atoms. The molecule has 0 atom stereocenters. The van der Waals surface area contributed by atoms with Gasteiger partial charge in [-0.05, 0) is 25.1 Å². The van der Waals surface area contributed by atoms with Gasteiger partial charge in [0.15, 0.2) is 17.5 Å². The molecule has 29 heavy (non-hydrogen) atoms. The Kier molecular flexibility index (Phi) is 7.87. The van der Waals surface area contributed by atoms with Gasteiger partial charge in [-0.2, -0.15) is 13.2 Å². The number of nitrogens with one attached hydrogen (secondary N) is 3. The van der Waals surface area contributed by atoms with Crippen LogP contribution in [0.15, 0.2) is 35.5 Å². The van der Waals surface area contributed by atoms with E-state index in [1.165, 1.54) is 0 Å². The maximum atomic E-state index is 12.7. The molecule has 1 heterocycles. The number of nitrogens with zero attached hydrogens (tertiary/aromatic N) is 3. The minimum Gasteiger partial charge on any atom is -0.493 e. The molecule has 11 heteroatoms. The van der Waals surface area contributed by atoms with E-state index >= 15 is 0 Å². The first kappa shape index (κ1) is 22.1. The molecule has 2 rings (SSSR count). The molecule has 3 N–H and O–H groups in total. The van der Waals surface area contributed by atoms with Crippen molar-refractivity contribution in [2.75, 3.05) is 44.5 Å². The Bertz CT molecular complexity index is 829. The minimum atomic E-state index is -4.51. The van der Waals surface area contributed by atoms with Crippen LogP contribution in [0.2, 0.25) is 0 Å². The van der Waals surface area contributed by atoms with Gasteiger partial charge in [0.2, 0.25) is 5.95 Å². The molecule has 0 aliphatic rings. The number of alkyl halides is 3. The van der Waals surface area contributed by atoms with Crippen LogP contribution in [0.25, 0.3) is 0 Å². The van der Waals surface area contributed by atoms with Crippen LogP contribution in [0.1, 0.15) is 12.6 Å². The van der Waals surface area contributed by atoms with Gasteiger partial charge < -0.3 is 25.4 Å². The third-order valence-electron chi connectivity index (χ3n) is 3.60. The van der Waals surface area contributed by atoms with Crippen LogP contribution in [0.3, 0.4) is 0 Å². The number of hydrogen-bond acceptors (Lipinski definition) is 6. The molecule has 0 aliphatic carbocycles. The highest BCUT2D eigenvalue weighted by atomic mass is 19.4. The molecule has 0 fully saturated rings. The maximum Gasteiger partial charge on any atom is 0.433 e. The SMILES string of the molecule is CCOc1ccc(NC(=NC)NCCNc2nccc(C(F)(F)F)n2)cc1OC. The normalized spacial score (nSPS) is 11.7. The summed E-state index contributed by atoms with van der Waals surface area (Å²) in [4.78, 5) is 11.3. The second kappa shape index (κ2) is 10.3. The van der Waals surface area contributed by atoms with Crippen molar-refractivity contribution in [1.82, 2.24) is 15.3 Å². The maximum absolute atomic E-state index is 12.7. The first-order valence-electron chi connectivity index (χ1n) is 8.80. The van der Waals surface area contributed by atoms with Crippen LogP contribution >= 0.6 is 0 Å². The molecule has 2 aromatic rings. The lowest BCUT2D eigenvalue weighted by Gasteiger charge is -2.15. The number of benzene rings is 1. The first-order valence-corrected chi connectivity index (χ1v) is 8.80. The predicted octanol–water partition coefficient (Wildman–Crippen LogP) is 3.00. The number of aromatic nitrogens is 2. The van der Waals surface area contributed by atoms with E-state index in [0.717, 1.165) is 18.0 Å². The zero-order valence-electron chi connectivity index (χ0n) is 16.3. The summed E-state index contributed by atoms with van der Waals surface area (Å²) < 4.78 is 48.8. The molecule has 158 valence electrons. The van der Waals surface area contributed by atoms with E-state index in [9.17, 15) is 13.2 Å². The van der Waals surface area contributed by atoms with Gasteiger partial charge >= 0.3 is 6.18 Å². The summed E-state index contributed by atoms with van der Waals surface area (Å²) >= 11 is 0. The Morgan fingerprint density at radius 3 is 2.62 bits per heavy atom. The predicted molar refractivity (Wildman–Crippen MR) is 105 cm³/mol. The van der Waals surface area contributed by atoms with E-state index in [1.54, 1.807) is 26.3 Å². The number of guanidine groups is 1. The fourth-order valence-corrected chi connectivity index (χ4v) is 2.29. The molecule has 8 nitrogen and oxygen atoms in total. The molecule has 0 unspecified atom stereocenters. The zero-order valence-corrected chi connectivity index (χ0v) is 16.3. The summed E-state index contributed by atoms with van der Waals surface area (Å²) in [6.07, 6.45) is -3.45. The van der Waals surface area contributed by atoms with Crippen LogP contribution in [0, 0.1) is 0 Å². The van der Waals surface area contributed by atoms with Crippen molar-refractivity contribution >= 4 is 17.6 Å². The minimum absolute atomic E-state index is 0.0965. The van der Waals surface area contributed by atoms with E-state index in [-0.39, 0.29) is 12.5 Å². The van der Waals surface area contributed by atoms with Gasteiger partial charge in [-0.25, -0.2) is 9.97 Å². The number of aliphatic imine (C=N–C) groups is 1. The number of ether oxygens (including phenoxy) is 2.